The zero-order valence-electron chi connectivity index (χ0n) is 27.9. The molecular formula is C33H57N3O11. The first-order chi connectivity index (χ1) is 22.4. The summed E-state index contributed by atoms with van der Waals surface area (Å²) in [5.41, 5.74) is -1.47. The van der Waals surface area contributed by atoms with E-state index in [1.807, 2.05) is 0 Å². The number of hydrogen-bond donors (Lipinski definition) is 7. The van der Waals surface area contributed by atoms with Gasteiger partial charge in [-0.3, -0.25) is 19.2 Å². The van der Waals surface area contributed by atoms with E-state index < -0.39 is 59.9 Å². The summed E-state index contributed by atoms with van der Waals surface area (Å²) in [7, 11) is 0. The molecule has 7 N–H and O–H groups in total. The van der Waals surface area contributed by atoms with Crippen LogP contribution in [-0.2, 0) is 33.6 Å². The van der Waals surface area contributed by atoms with Gasteiger partial charge >= 0.3 is 17.9 Å². The molecule has 3 atom stereocenters. The Balaban J connectivity index is 4.17. The molecule has 14 heteroatoms. The molecule has 270 valence electrons. The van der Waals surface area contributed by atoms with E-state index in [0.29, 0.717) is 12.7 Å². The number of unbranched alkanes of at least 4 members (excludes halogenated alkanes) is 13. The molecule has 0 aliphatic carbocycles. The Morgan fingerprint density at radius 3 is 1.28 bits per heavy atom. The lowest BCUT2D eigenvalue weighted by Crippen LogP contribution is -2.52. The number of amides is 3. The van der Waals surface area contributed by atoms with E-state index in [-0.39, 0.29) is 44.9 Å². The molecule has 0 bridgehead atoms. The second kappa shape index (κ2) is 26.5. The van der Waals surface area contributed by atoms with Crippen LogP contribution in [0.4, 0.5) is 0 Å². The van der Waals surface area contributed by atoms with Crippen molar-refractivity contribution in [2.24, 2.45) is 0 Å². The molecule has 47 heavy (non-hydrogen) atoms. The molecule has 0 rings (SSSR count). The highest BCUT2D eigenvalue weighted by molar-refractivity contribution is 5.87. The van der Waals surface area contributed by atoms with Crippen molar-refractivity contribution in [2.75, 3.05) is 6.61 Å². The fourth-order valence-electron chi connectivity index (χ4n) is 5.01. The second-order valence-corrected chi connectivity index (χ2v) is 12.2. The number of nitrogens with one attached hydrogen (secondary N) is 3. The van der Waals surface area contributed by atoms with Gasteiger partial charge < -0.3 is 41.2 Å². The van der Waals surface area contributed by atoms with Crippen LogP contribution in [0.25, 0.3) is 0 Å². The number of aliphatic hydroxyl groups excluding tert-OH is 1. The molecule has 0 unspecified atom stereocenters. The number of aliphatic hydroxyl groups is 1. The molecule has 0 spiro atoms. The highest BCUT2D eigenvalue weighted by Gasteiger charge is 2.30. The molecule has 0 aromatic carbocycles. The van der Waals surface area contributed by atoms with Crippen molar-refractivity contribution < 1.29 is 54.0 Å². The fraction of sp³-hybridized carbons (Fsp3) is 0.788. The van der Waals surface area contributed by atoms with Crippen LogP contribution in [0, 0.1) is 0 Å². The number of carbonyl (C=O) groups is 7. The van der Waals surface area contributed by atoms with Crippen LogP contribution in [0.5, 0.6) is 0 Å². The number of carboxylic acids is 3. The van der Waals surface area contributed by atoms with E-state index in [0.717, 1.165) is 51.4 Å². The Kier molecular flexibility index (Phi) is 24.5. The van der Waals surface area contributed by atoms with E-state index in [2.05, 4.69) is 16.0 Å². The summed E-state index contributed by atoms with van der Waals surface area (Å²) >= 11 is 0. The molecular weight excluding hydrogens is 614 g/mol. The van der Waals surface area contributed by atoms with Crippen LogP contribution in [0.15, 0.2) is 0 Å². The summed E-state index contributed by atoms with van der Waals surface area (Å²) in [6, 6.07) is -2.75. The second-order valence-electron chi connectivity index (χ2n) is 12.2. The lowest BCUT2D eigenvalue weighted by Gasteiger charge is -2.25. The molecule has 0 saturated heterocycles. The molecule has 0 aromatic rings. The summed E-state index contributed by atoms with van der Waals surface area (Å²) in [4.78, 5) is 81.7. The van der Waals surface area contributed by atoms with E-state index in [4.69, 9.17) is 5.11 Å². The summed E-state index contributed by atoms with van der Waals surface area (Å²) in [5, 5.41) is 43.9. The topological polar surface area (TPSA) is 236 Å². The van der Waals surface area contributed by atoms with Crippen LogP contribution in [-0.4, -0.2) is 86.6 Å². The predicted octanol–water partition coefficient (Wildman–Crippen LogP) is 3.47. The zero-order chi connectivity index (χ0) is 35.5. The van der Waals surface area contributed by atoms with Gasteiger partial charge in [0.25, 0.3) is 0 Å². The van der Waals surface area contributed by atoms with Gasteiger partial charge in [0.15, 0.2) is 0 Å². The van der Waals surface area contributed by atoms with Gasteiger partial charge in [0.1, 0.15) is 23.9 Å². The minimum absolute atomic E-state index is 0.128. The van der Waals surface area contributed by atoms with Gasteiger partial charge in [-0.2, -0.15) is 0 Å². The van der Waals surface area contributed by atoms with E-state index in [9.17, 15) is 48.9 Å². The number of hydrogen-bond acceptors (Lipinski definition) is 8. The van der Waals surface area contributed by atoms with E-state index in [1.54, 1.807) is 6.92 Å². The predicted molar refractivity (Wildman–Crippen MR) is 173 cm³/mol. The van der Waals surface area contributed by atoms with Crippen molar-refractivity contribution in [3.05, 3.63) is 0 Å². The van der Waals surface area contributed by atoms with Crippen molar-refractivity contribution in [3.63, 3.8) is 0 Å². The molecule has 0 radical (unpaired) electrons. The van der Waals surface area contributed by atoms with Gasteiger partial charge in [-0.1, -0.05) is 84.0 Å². The Morgan fingerprint density at radius 1 is 0.574 bits per heavy atom. The van der Waals surface area contributed by atoms with Crippen molar-refractivity contribution in [2.45, 2.75) is 159 Å². The lowest BCUT2D eigenvalue weighted by atomic mass is 9.99. The van der Waals surface area contributed by atoms with Gasteiger partial charge in [-0.15, -0.1) is 0 Å². The minimum Gasteiger partial charge on any atom is -0.481 e. The maximum Gasteiger partial charge on any atom is 0.326 e. The number of aldehydes is 1. The molecule has 0 aromatic heterocycles. The smallest absolute Gasteiger partial charge is 0.326 e. The average Bonchev–Trinajstić information content (AvgIpc) is 3.03. The van der Waals surface area contributed by atoms with Gasteiger partial charge in [0.05, 0.1) is 6.61 Å². The number of carbonyl (C=O) groups excluding carboxylic acids is 4. The number of aliphatic carboxylic acids is 3. The Labute approximate surface area is 277 Å². The SMILES string of the molecule is CC[C@@](C=O)(CO)NC(=O)CC[C@H](NC(=O)CC[C@H](NC(=O)CCCCCCCCCCCCCCCCC(=O)O)C(=O)O)C(=O)O. The van der Waals surface area contributed by atoms with Crippen LogP contribution in [0.1, 0.15) is 142 Å². The summed E-state index contributed by atoms with van der Waals surface area (Å²) < 4.78 is 0. The minimum atomic E-state index is -1.47. The fourth-order valence-corrected chi connectivity index (χ4v) is 5.01. The number of carboxylic acid groups (broad SMARTS) is 3. The largest absolute Gasteiger partial charge is 0.481 e. The standard InChI is InChI=1S/C33H57N3O11/c1-2-33(23-37,24-38)36-29(41)22-20-26(32(46)47)35-28(40)21-19-25(31(44)45)34-27(39)17-15-13-11-9-7-5-3-4-6-8-10-12-14-16-18-30(42)43/h23,25-26,38H,2-22,24H2,1H3,(H,34,39)(H,35,40)(H,36,41)(H,42,43)(H,44,45)(H,46,47)/t25-,26-,33+/m0/s1. The van der Waals surface area contributed by atoms with Crippen LogP contribution >= 0.6 is 0 Å². The maximum atomic E-state index is 12.4. The van der Waals surface area contributed by atoms with Crippen molar-refractivity contribution >= 4 is 41.9 Å². The molecule has 0 saturated carbocycles. The first-order valence-electron chi connectivity index (χ1n) is 17.0. The third-order valence-corrected chi connectivity index (χ3v) is 8.16. The first kappa shape index (κ1) is 43.5. The van der Waals surface area contributed by atoms with Crippen molar-refractivity contribution in [1.29, 1.82) is 0 Å². The van der Waals surface area contributed by atoms with E-state index >= 15 is 0 Å². The molecule has 0 heterocycles. The molecule has 0 aliphatic rings. The van der Waals surface area contributed by atoms with Crippen molar-refractivity contribution in [1.82, 2.24) is 16.0 Å². The zero-order valence-corrected chi connectivity index (χ0v) is 27.9. The highest BCUT2D eigenvalue weighted by Crippen LogP contribution is 2.14. The van der Waals surface area contributed by atoms with Crippen LogP contribution in [0.3, 0.4) is 0 Å². The summed E-state index contributed by atoms with van der Waals surface area (Å²) in [6.07, 6.45) is 14.3. The Bertz CT molecular complexity index is 969. The third-order valence-electron chi connectivity index (χ3n) is 8.16. The average molecular weight is 672 g/mol. The first-order valence-corrected chi connectivity index (χ1v) is 17.0. The molecule has 3 amide bonds. The normalized spacial score (nSPS) is 13.5. The molecule has 14 nitrogen and oxygen atoms in total. The van der Waals surface area contributed by atoms with Crippen LogP contribution < -0.4 is 16.0 Å². The quantitative estimate of drug-likeness (QED) is 0.0416. The Hall–Kier alpha value is -3.55. The van der Waals surface area contributed by atoms with Gasteiger partial charge in [-0.25, -0.2) is 9.59 Å². The monoisotopic (exact) mass is 671 g/mol. The number of rotatable bonds is 31. The van der Waals surface area contributed by atoms with Gasteiger partial charge in [0, 0.05) is 25.7 Å². The van der Waals surface area contributed by atoms with E-state index in [1.165, 1.54) is 32.1 Å². The van der Waals surface area contributed by atoms with Crippen LogP contribution in [0.2, 0.25) is 0 Å². The molecule has 0 fully saturated rings. The highest BCUT2D eigenvalue weighted by atomic mass is 16.4. The molecule has 0 aliphatic heterocycles. The summed E-state index contributed by atoms with van der Waals surface area (Å²) in [5.74, 6) is -5.31. The summed E-state index contributed by atoms with van der Waals surface area (Å²) in [6.45, 7) is 0.966. The third kappa shape index (κ3) is 22.6. The van der Waals surface area contributed by atoms with Gasteiger partial charge in [-0.05, 0) is 32.1 Å². The lowest BCUT2D eigenvalue weighted by molar-refractivity contribution is -0.143. The van der Waals surface area contributed by atoms with Gasteiger partial charge in [0.2, 0.25) is 17.7 Å². The Morgan fingerprint density at radius 2 is 0.936 bits per heavy atom. The maximum absolute atomic E-state index is 12.4. The van der Waals surface area contributed by atoms with Crippen molar-refractivity contribution in [3.8, 4) is 0 Å².